The SMILES string of the molecule is COC(=O)[C@@](NC(=O)c1ccc(Cl)cc1)(Nc1cc(C)ccn1)C(F)(F)F. The first-order valence-electron chi connectivity index (χ1n) is 7.53. The van der Waals surface area contributed by atoms with Gasteiger partial charge in [0.05, 0.1) is 7.11 Å². The number of ether oxygens (including phenoxy) is 1. The minimum atomic E-state index is -5.24. The molecule has 27 heavy (non-hydrogen) atoms. The average Bonchev–Trinajstić information content (AvgIpc) is 2.60. The molecule has 1 aromatic carbocycles. The predicted molar refractivity (Wildman–Crippen MR) is 92.3 cm³/mol. The van der Waals surface area contributed by atoms with Crippen molar-refractivity contribution in [2.45, 2.75) is 18.8 Å². The Bertz CT molecular complexity index is 843. The molecule has 0 bridgehead atoms. The molecule has 10 heteroatoms. The minimum absolute atomic E-state index is 0.129. The molecule has 0 aliphatic carbocycles. The van der Waals surface area contributed by atoms with E-state index in [4.69, 9.17) is 11.6 Å². The molecule has 2 aromatic rings. The fourth-order valence-electron chi connectivity index (χ4n) is 2.18. The molecule has 2 rings (SSSR count). The standard InChI is InChI=1S/C17H15ClF3N3O3/c1-10-7-8-22-13(9-10)23-16(15(26)27-2,17(19,20)21)24-14(25)11-3-5-12(18)6-4-11/h3-9H,1-2H3,(H,22,23)(H,24,25)/t16-/m0/s1. The zero-order valence-corrected chi connectivity index (χ0v) is 15.0. The first-order chi connectivity index (χ1) is 12.6. The molecule has 0 fully saturated rings. The quantitative estimate of drug-likeness (QED) is 0.593. The number of anilines is 1. The number of alkyl halides is 3. The molecule has 0 aliphatic rings. The van der Waals surface area contributed by atoms with Crippen molar-refractivity contribution in [2.75, 3.05) is 12.4 Å². The number of benzene rings is 1. The van der Waals surface area contributed by atoms with Gasteiger partial charge in [-0.15, -0.1) is 0 Å². The predicted octanol–water partition coefficient (Wildman–Crippen LogP) is 3.32. The summed E-state index contributed by atoms with van der Waals surface area (Å²) in [5, 5.41) is 3.95. The van der Waals surface area contributed by atoms with Gasteiger partial charge in [-0.05, 0) is 48.9 Å². The molecule has 6 nitrogen and oxygen atoms in total. The minimum Gasteiger partial charge on any atom is -0.466 e. The average molecular weight is 402 g/mol. The van der Waals surface area contributed by atoms with E-state index in [0.717, 1.165) is 7.11 Å². The molecule has 1 heterocycles. The highest BCUT2D eigenvalue weighted by atomic mass is 35.5. The maximum Gasteiger partial charge on any atom is 0.441 e. The summed E-state index contributed by atoms with van der Waals surface area (Å²) < 4.78 is 46.1. The molecule has 1 aromatic heterocycles. The first kappa shape index (κ1) is 20.5. The lowest BCUT2D eigenvalue weighted by molar-refractivity contribution is -0.203. The van der Waals surface area contributed by atoms with Gasteiger partial charge in [-0.1, -0.05) is 11.6 Å². The molecule has 0 radical (unpaired) electrons. The number of nitrogens with zero attached hydrogens (tertiary/aromatic N) is 1. The third-order valence-corrected chi connectivity index (χ3v) is 3.81. The van der Waals surface area contributed by atoms with Crippen LogP contribution in [0.1, 0.15) is 15.9 Å². The van der Waals surface area contributed by atoms with Crippen molar-refractivity contribution in [3.8, 4) is 0 Å². The number of esters is 1. The molecule has 0 unspecified atom stereocenters. The van der Waals surface area contributed by atoms with Crippen molar-refractivity contribution >= 4 is 29.3 Å². The Morgan fingerprint density at radius 3 is 2.30 bits per heavy atom. The molecular formula is C17H15ClF3N3O3. The summed E-state index contributed by atoms with van der Waals surface area (Å²) in [5.41, 5.74) is -3.08. The lowest BCUT2D eigenvalue weighted by atomic mass is 10.1. The number of aromatic nitrogens is 1. The second-order valence-electron chi connectivity index (χ2n) is 5.54. The Kier molecular flexibility index (Phi) is 5.94. The number of halogens is 4. The van der Waals surface area contributed by atoms with Crippen molar-refractivity contribution in [1.82, 2.24) is 10.3 Å². The van der Waals surface area contributed by atoms with Crippen LogP contribution in [0.3, 0.4) is 0 Å². The number of nitrogens with one attached hydrogen (secondary N) is 2. The van der Waals surface area contributed by atoms with Crippen LogP contribution in [0, 0.1) is 6.92 Å². The molecule has 0 spiro atoms. The number of hydrogen-bond acceptors (Lipinski definition) is 5. The zero-order chi connectivity index (χ0) is 20.2. The number of hydrogen-bond donors (Lipinski definition) is 2. The Balaban J connectivity index is 2.48. The highest BCUT2D eigenvalue weighted by Crippen LogP contribution is 2.33. The Labute approximate surface area is 157 Å². The number of carbonyl (C=O) groups excluding carboxylic acids is 2. The number of pyridine rings is 1. The molecule has 0 aliphatic heterocycles. The lowest BCUT2D eigenvalue weighted by Crippen LogP contribution is -2.69. The number of amides is 1. The third-order valence-electron chi connectivity index (χ3n) is 3.56. The van der Waals surface area contributed by atoms with E-state index < -0.39 is 23.7 Å². The number of methoxy groups -OCH3 is 1. The summed E-state index contributed by atoms with van der Waals surface area (Å²) in [6.45, 7) is 1.63. The Morgan fingerprint density at radius 2 is 1.78 bits per heavy atom. The van der Waals surface area contributed by atoms with Crippen LogP contribution in [0.25, 0.3) is 0 Å². The molecular weight excluding hydrogens is 387 g/mol. The van der Waals surface area contributed by atoms with Crippen LogP contribution >= 0.6 is 11.6 Å². The normalized spacial score (nSPS) is 13.4. The van der Waals surface area contributed by atoms with Crippen LogP contribution in [0.15, 0.2) is 42.6 Å². The van der Waals surface area contributed by atoms with Crippen molar-refractivity contribution in [2.24, 2.45) is 0 Å². The number of aryl methyl sites for hydroxylation is 1. The van der Waals surface area contributed by atoms with Gasteiger partial charge >= 0.3 is 17.8 Å². The first-order valence-corrected chi connectivity index (χ1v) is 7.91. The molecule has 0 saturated carbocycles. The number of carbonyl (C=O) groups is 2. The monoisotopic (exact) mass is 401 g/mol. The van der Waals surface area contributed by atoms with Gasteiger partial charge in [-0.2, -0.15) is 13.2 Å². The van der Waals surface area contributed by atoms with Crippen molar-refractivity contribution in [3.05, 3.63) is 58.7 Å². The molecule has 144 valence electrons. The molecule has 0 saturated heterocycles. The summed E-state index contributed by atoms with van der Waals surface area (Å²) in [6, 6.07) is 7.96. The van der Waals surface area contributed by atoms with Gasteiger partial charge in [-0.25, -0.2) is 9.78 Å². The summed E-state index contributed by atoms with van der Waals surface area (Å²) in [5.74, 6) is -3.18. The van der Waals surface area contributed by atoms with E-state index in [9.17, 15) is 22.8 Å². The van der Waals surface area contributed by atoms with E-state index in [-0.39, 0.29) is 11.4 Å². The van der Waals surface area contributed by atoms with E-state index >= 15 is 0 Å². The summed E-state index contributed by atoms with van der Waals surface area (Å²) in [7, 11) is 0.780. The largest absolute Gasteiger partial charge is 0.466 e. The van der Waals surface area contributed by atoms with E-state index in [1.54, 1.807) is 18.3 Å². The topological polar surface area (TPSA) is 80.3 Å². The summed E-state index contributed by atoms with van der Waals surface area (Å²) >= 11 is 5.71. The highest BCUT2D eigenvalue weighted by molar-refractivity contribution is 6.30. The van der Waals surface area contributed by atoms with E-state index in [1.807, 2.05) is 5.32 Å². The van der Waals surface area contributed by atoms with Crippen molar-refractivity contribution in [1.29, 1.82) is 0 Å². The van der Waals surface area contributed by atoms with Crippen LogP contribution in [-0.2, 0) is 9.53 Å². The van der Waals surface area contributed by atoms with Gasteiger partial charge in [-0.3, -0.25) is 4.79 Å². The number of rotatable bonds is 5. The molecule has 1 atom stereocenters. The zero-order valence-electron chi connectivity index (χ0n) is 14.2. The lowest BCUT2D eigenvalue weighted by Gasteiger charge is -2.34. The van der Waals surface area contributed by atoms with Gasteiger partial charge in [0.1, 0.15) is 5.82 Å². The summed E-state index contributed by atoms with van der Waals surface area (Å²) in [4.78, 5) is 28.3. The second-order valence-corrected chi connectivity index (χ2v) is 5.98. The van der Waals surface area contributed by atoms with Crippen molar-refractivity contribution in [3.63, 3.8) is 0 Å². The highest BCUT2D eigenvalue weighted by Gasteiger charge is 2.63. The van der Waals surface area contributed by atoms with Gasteiger partial charge < -0.3 is 15.4 Å². The maximum atomic E-state index is 13.9. The van der Waals surface area contributed by atoms with Gasteiger partial charge in [0.15, 0.2) is 0 Å². The summed E-state index contributed by atoms with van der Waals surface area (Å²) in [6.07, 6.45) is -3.98. The Morgan fingerprint density at radius 1 is 1.15 bits per heavy atom. The molecule has 1 amide bonds. The second kappa shape index (κ2) is 7.83. The van der Waals surface area contributed by atoms with Gasteiger partial charge in [0, 0.05) is 16.8 Å². The third kappa shape index (κ3) is 4.48. The van der Waals surface area contributed by atoms with E-state index in [0.29, 0.717) is 10.6 Å². The van der Waals surface area contributed by atoms with Crippen LogP contribution in [0.2, 0.25) is 5.02 Å². The molecule has 2 N–H and O–H groups in total. The fourth-order valence-corrected chi connectivity index (χ4v) is 2.31. The van der Waals surface area contributed by atoms with Crippen LogP contribution in [0.4, 0.5) is 19.0 Å². The smallest absolute Gasteiger partial charge is 0.441 e. The van der Waals surface area contributed by atoms with Crippen LogP contribution in [0.5, 0.6) is 0 Å². The van der Waals surface area contributed by atoms with Gasteiger partial charge in [0.2, 0.25) is 0 Å². The van der Waals surface area contributed by atoms with Crippen LogP contribution in [-0.4, -0.2) is 35.8 Å². The van der Waals surface area contributed by atoms with E-state index in [2.05, 4.69) is 9.72 Å². The van der Waals surface area contributed by atoms with Crippen LogP contribution < -0.4 is 10.6 Å². The van der Waals surface area contributed by atoms with Gasteiger partial charge in [0.25, 0.3) is 5.91 Å². The fraction of sp³-hybridized carbons (Fsp3) is 0.235. The Hall–Kier alpha value is -2.81. The maximum absolute atomic E-state index is 13.9. The van der Waals surface area contributed by atoms with Crippen molar-refractivity contribution < 1.29 is 27.5 Å². The van der Waals surface area contributed by atoms with E-state index in [1.165, 1.54) is 36.5 Å².